The molecule has 0 fully saturated rings. The Hall–Kier alpha value is -3.86. The van der Waals surface area contributed by atoms with Gasteiger partial charge in [-0.3, -0.25) is 9.52 Å². The Labute approximate surface area is 193 Å². The van der Waals surface area contributed by atoms with Gasteiger partial charge in [0.25, 0.3) is 15.9 Å². The molecule has 178 valence electrons. The van der Waals surface area contributed by atoms with Gasteiger partial charge in [-0.2, -0.15) is 13.2 Å². The van der Waals surface area contributed by atoms with Crippen molar-refractivity contribution >= 4 is 33.3 Å². The molecule has 0 aliphatic rings. The van der Waals surface area contributed by atoms with E-state index in [1.807, 2.05) is 0 Å². The Morgan fingerprint density at radius 1 is 0.912 bits per heavy atom. The molecule has 7 nitrogen and oxygen atoms in total. The van der Waals surface area contributed by atoms with Crippen LogP contribution in [0.25, 0.3) is 0 Å². The van der Waals surface area contributed by atoms with Crippen LogP contribution in [0.4, 0.5) is 24.5 Å². The number of hydrogen-bond acceptors (Lipinski definition) is 5. The lowest BCUT2D eigenvalue weighted by molar-refractivity contribution is -0.137. The Kier molecular flexibility index (Phi) is 6.96. The first-order chi connectivity index (χ1) is 15.9. The Morgan fingerprint density at radius 2 is 1.59 bits per heavy atom. The summed E-state index contributed by atoms with van der Waals surface area (Å²) in [5.74, 6) is -1.35. The molecule has 2 N–H and O–H groups in total. The minimum atomic E-state index is -4.58. The zero-order valence-corrected chi connectivity index (χ0v) is 18.8. The maximum absolute atomic E-state index is 12.9. The number of carbonyl (C=O) groups is 2. The van der Waals surface area contributed by atoms with E-state index in [0.29, 0.717) is 5.56 Å². The number of nitrogens with one attached hydrogen (secondary N) is 2. The molecule has 0 aliphatic heterocycles. The summed E-state index contributed by atoms with van der Waals surface area (Å²) in [7, 11) is -2.90. The fourth-order valence-corrected chi connectivity index (χ4v) is 4.08. The highest BCUT2D eigenvalue weighted by Crippen LogP contribution is 2.31. The van der Waals surface area contributed by atoms with Gasteiger partial charge in [0.2, 0.25) is 0 Å². The molecule has 3 rings (SSSR count). The van der Waals surface area contributed by atoms with E-state index >= 15 is 0 Å². The maximum Gasteiger partial charge on any atom is 0.416 e. The molecule has 3 aromatic carbocycles. The largest absolute Gasteiger partial charge is 0.465 e. The van der Waals surface area contributed by atoms with Crippen molar-refractivity contribution in [2.24, 2.45) is 0 Å². The summed E-state index contributed by atoms with van der Waals surface area (Å²) in [6.45, 7) is 1.57. The molecule has 11 heteroatoms. The number of rotatable bonds is 6. The van der Waals surface area contributed by atoms with Crippen LogP contribution in [-0.4, -0.2) is 27.4 Å². The van der Waals surface area contributed by atoms with Crippen LogP contribution in [0.1, 0.15) is 31.8 Å². The predicted octanol–water partition coefficient (Wildman–Crippen LogP) is 4.85. The smallest absolute Gasteiger partial charge is 0.416 e. The third-order valence-corrected chi connectivity index (χ3v) is 6.15. The molecule has 0 unspecified atom stereocenters. The highest BCUT2D eigenvalue weighted by Gasteiger charge is 2.30. The Bertz CT molecular complexity index is 1340. The first-order valence-electron chi connectivity index (χ1n) is 9.71. The van der Waals surface area contributed by atoms with Gasteiger partial charge in [-0.15, -0.1) is 0 Å². The molecule has 3 aromatic rings. The number of amides is 1. The number of anilines is 2. The van der Waals surface area contributed by atoms with E-state index in [-0.39, 0.29) is 27.4 Å². The molecule has 0 atom stereocenters. The van der Waals surface area contributed by atoms with Crippen molar-refractivity contribution in [3.63, 3.8) is 0 Å². The second kappa shape index (κ2) is 9.56. The van der Waals surface area contributed by atoms with Crippen LogP contribution in [0, 0.1) is 6.92 Å². The number of esters is 1. The fraction of sp³-hybridized carbons (Fsp3) is 0.130. The van der Waals surface area contributed by atoms with E-state index in [0.717, 1.165) is 24.3 Å². The van der Waals surface area contributed by atoms with Crippen LogP contribution < -0.4 is 10.0 Å². The van der Waals surface area contributed by atoms with Crippen LogP contribution in [-0.2, 0) is 20.9 Å². The summed E-state index contributed by atoms with van der Waals surface area (Å²) < 4.78 is 71.3. The van der Waals surface area contributed by atoms with Crippen LogP contribution in [0.15, 0.2) is 71.6 Å². The van der Waals surface area contributed by atoms with Gasteiger partial charge in [-0.1, -0.05) is 12.1 Å². The highest BCUT2D eigenvalue weighted by molar-refractivity contribution is 7.92. The van der Waals surface area contributed by atoms with Crippen molar-refractivity contribution in [3.05, 3.63) is 89.0 Å². The molecule has 0 radical (unpaired) electrons. The minimum Gasteiger partial charge on any atom is -0.465 e. The summed E-state index contributed by atoms with van der Waals surface area (Å²) in [6, 6.07) is 13.5. The van der Waals surface area contributed by atoms with E-state index < -0.39 is 33.6 Å². The van der Waals surface area contributed by atoms with Crippen LogP contribution in [0.2, 0.25) is 0 Å². The monoisotopic (exact) mass is 492 g/mol. The number of methoxy groups -OCH3 is 1. The molecule has 1 amide bonds. The van der Waals surface area contributed by atoms with Gasteiger partial charge in [0.1, 0.15) is 0 Å². The second-order valence-electron chi connectivity index (χ2n) is 7.18. The van der Waals surface area contributed by atoms with E-state index in [4.69, 9.17) is 0 Å². The summed E-state index contributed by atoms with van der Waals surface area (Å²) in [4.78, 5) is 24.0. The number of aryl methyl sites for hydroxylation is 1. The lowest BCUT2D eigenvalue weighted by Crippen LogP contribution is -2.17. The zero-order valence-electron chi connectivity index (χ0n) is 17.9. The first-order valence-corrected chi connectivity index (χ1v) is 11.2. The summed E-state index contributed by atoms with van der Waals surface area (Å²) in [6.07, 6.45) is -4.58. The van der Waals surface area contributed by atoms with Gasteiger partial charge in [0.15, 0.2) is 0 Å². The standard InChI is InChI=1S/C23H19F3N2O5S/c1-14-6-11-19(34(31,32)28-17-9-7-15(8-10-17)22(30)33-2)13-20(14)21(29)27-18-5-3-4-16(12-18)23(24,25)26/h3-13,28H,1-2H3,(H,27,29). The highest BCUT2D eigenvalue weighted by atomic mass is 32.2. The first kappa shape index (κ1) is 24.8. The average molecular weight is 492 g/mol. The van der Waals surface area contributed by atoms with Crippen LogP contribution >= 0.6 is 0 Å². The topological polar surface area (TPSA) is 102 Å². The van der Waals surface area contributed by atoms with Crippen molar-refractivity contribution < 1.29 is 35.9 Å². The van der Waals surface area contributed by atoms with Crippen molar-refractivity contribution in [1.82, 2.24) is 0 Å². The second-order valence-corrected chi connectivity index (χ2v) is 8.87. The van der Waals surface area contributed by atoms with E-state index in [1.165, 1.54) is 49.6 Å². The van der Waals surface area contributed by atoms with Crippen LogP contribution in [0.3, 0.4) is 0 Å². The molecule has 0 spiro atoms. The third kappa shape index (κ3) is 5.73. The third-order valence-electron chi connectivity index (χ3n) is 4.77. The number of ether oxygens (including phenoxy) is 1. The van der Waals surface area contributed by atoms with Crippen molar-refractivity contribution in [2.75, 3.05) is 17.1 Å². The van der Waals surface area contributed by atoms with Crippen molar-refractivity contribution in [3.8, 4) is 0 Å². The number of hydrogen-bond donors (Lipinski definition) is 2. The quantitative estimate of drug-likeness (QED) is 0.479. The zero-order chi connectivity index (χ0) is 25.1. The SMILES string of the molecule is COC(=O)c1ccc(NS(=O)(=O)c2ccc(C)c(C(=O)Nc3cccc(C(F)(F)F)c3)c2)cc1. The summed E-state index contributed by atoms with van der Waals surface area (Å²) in [5.41, 5.74) is -0.221. The number of alkyl halides is 3. The lowest BCUT2D eigenvalue weighted by Gasteiger charge is -2.13. The van der Waals surface area contributed by atoms with E-state index in [9.17, 15) is 31.2 Å². The molecule has 0 bridgehead atoms. The van der Waals surface area contributed by atoms with E-state index in [1.54, 1.807) is 6.92 Å². The molecule has 0 aromatic heterocycles. The predicted molar refractivity (Wildman–Crippen MR) is 119 cm³/mol. The van der Waals surface area contributed by atoms with Gasteiger partial charge in [0, 0.05) is 16.9 Å². The molecule has 0 saturated heterocycles. The Balaban J connectivity index is 1.83. The number of carbonyl (C=O) groups excluding carboxylic acids is 2. The van der Waals surface area contributed by atoms with Gasteiger partial charge in [-0.05, 0) is 67.1 Å². The molecular formula is C23H19F3N2O5S. The van der Waals surface area contributed by atoms with Gasteiger partial charge in [0.05, 0.1) is 23.1 Å². The number of sulfonamides is 1. The molecule has 34 heavy (non-hydrogen) atoms. The van der Waals surface area contributed by atoms with E-state index in [2.05, 4.69) is 14.8 Å². The van der Waals surface area contributed by atoms with Crippen molar-refractivity contribution in [2.45, 2.75) is 18.0 Å². The number of halogens is 3. The molecule has 0 heterocycles. The number of benzene rings is 3. The molecule has 0 aliphatic carbocycles. The van der Waals surface area contributed by atoms with Crippen LogP contribution in [0.5, 0.6) is 0 Å². The maximum atomic E-state index is 12.9. The normalized spacial score (nSPS) is 11.6. The van der Waals surface area contributed by atoms with Gasteiger partial charge < -0.3 is 10.1 Å². The lowest BCUT2D eigenvalue weighted by atomic mass is 10.1. The summed E-state index contributed by atoms with van der Waals surface area (Å²) >= 11 is 0. The molecular weight excluding hydrogens is 473 g/mol. The average Bonchev–Trinajstić information content (AvgIpc) is 2.78. The summed E-state index contributed by atoms with van der Waals surface area (Å²) in [5, 5.41) is 2.36. The van der Waals surface area contributed by atoms with Gasteiger partial charge >= 0.3 is 12.1 Å². The Morgan fingerprint density at radius 3 is 2.21 bits per heavy atom. The fourth-order valence-electron chi connectivity index (χ4n) is 2.99. The van der Waals surface area contributed by atoms with Gasteiger partial charge in [-0.25, -0.2) is 13.2 Å². The minimum absolute atomic E-state index is 0.0266. The molecule has 0 saturated carbocycles. The van der Waals surface area contributed by atoms with Crippen molar-refractivity contribution in [1.29, 1.82) is 0 Å².